The summed E-state index contributed by atoms with van der Waals surface area (Å²) in [5, 5.41) is 14.9. The van der Waals surface area contributed by atoms with Crippen LogP contribution < -0.4 is 10.6 Å². The number of aliphatic carboxylic acids is 1. The van der Waals surface area contributed by atoms with Crippen LogP contribution in [0.1, 0.15) is 56.6 Å². The second-order valence-electron chi connectivity index (χ2n) is 9.77. The molecule has 2 atom stereocenters. The Morgan fingerprint density at radius 3 is 2.18 bits per heavy atom. The maximum absolute atomic E-state index is 12.8. The summed E-state index contributed by atoms with van der Waals surface area (Å²) in [4.78, 5) is 36.9. The van der Waals surface area contributed by atoms with Crippen molar-refractivity contribution in [2.75, 3.05) is 13.2 Å². The molecule has 0 bridgehead atoms. The van der Waals surface area contributed by atoms with E-state index in [1.165, 1.54) is 0 Å². The SMILES string of the molecule is CC(C)(NC(=O)OCC1c2ccccc2-c2ccccc21)C(=O)NC[C@@H]1CCCC[C@@H]1C(=O)O. The smallest absolute Gasteiger partial charge is 0.408 e. The summed E-state index contributed by atoms with van der Waals surface area (Å²) in [6, 6.07) is 16.2. The molecule has 7 heteroatoms. The van der Waals surface area contributed by atoms with E-state index in [4.69, 9.17) is 4.74 Å². The van der Waals surface area contributed by atoms with Gasteiger partial charge in [0.2, 0.25) is 5.91 Å². The number of ether oxygens (including phenoxy) is 1. The second-order valence-corrected chi connectivity index (χ2v) is 9.77. The monoisotopic (exact) mass is 464 g/mol. The van der Waals surface area contributed by atoms with Crippen LogP contribution in [-0.4, -0.2) is 41.8 Å². The molecule has 0 heterocycles. The largest absolute Gasteiger partial charge is 0.481 e. The molecule has 0 spiro atoms. The van der Waals surface area contributed by atoms with Crippen molar-refractivity contribution in [1.29, 1.82) is 0 Å². The van der Waals surface area contributed by atoms with Crippen molar-refractivity contribution >= 4 is 18.0 Å². The summed E-state index contributed by atoms with van der Waals surface area (Å²) in [7, 11) is 0. The topological polar surface area (TPSA) is 105 Å². The number of carboxylic acid groups (broad SMARTS) is 1. The van der Waals surface area contributed by atoms with Crippen LogP contribution in [0.25, 0.3) is 11.1 Å². The Balaban J connectivity index is 1.33. The average molecular weight is 465 g/mol. The van der Waals surface area contributed by atoms with E-state index in [0.29, 0.717) is 6.42 Å². The Labute approximate surface area is 199 Å². The van der Waals surface area contributed by atoms with E-state index in [0.717, 1.165) is 41.5 Å². The van der Waals surface area contributed by atoms with Gasteiger partial charge in [-0.2, -0.15) is 0 Å². The second kappa shape index (κ2) is 9.87. The predicted molar refractivity (Wildman–Crippen MR) is 128 cm³/mol. The number of carbonyl (C=O) groups is 3. The first kappa shape index (κ1) is 23.8. The van der Waals surface area contributed by atoms with Crippen molar-refractivity contribution in [2.45, 2.75) is 51.0 Å². The molecule has 0 aliphatic heterocycles. The molecular formula is C27H32N2O5. The third-order valence-electron chi connectivity index (χ3n) is 7.08. The van der Waals surface area contributed by atoms with E-state index in [2.05, 4.69) is 22.8 Å². The Kier molecular flexibility index (Phi) is 6.91. The first-order valence-corrected chi connectivity index (χ1v) is 11.9. The predicted octanol–water partition coefficient (Wildman–Crippen LogP) is 4.31. The molecule has 4 rings (SSSR count). The lowest BCUT2D eigenvalue weighted by Crippen LogP contribution is -2.56. The molecule has 2 aliphatic carbocycles. The minimum absolute atomic E-state index is 0.0608. The molecule has 0 unspecified atom stereocenters. The lowest BCUT2D eigenvalue weighted by Gasteiger charge is -2.30. The number of hydrogen-bond donors (Lipinski definition) is 3. The molecule has 3 N–H and O–H groups in total. The molecule has 2 aliphatic rings. The molecule has 0 radical (unpaired) electrons. The van der Waals surface area contributed by atoms with Gasteiger partial charge in [0.05, 0.1) is 5.92 Å². The van der Waals surface area contributed by atoms with Crippen molar-refractivity contribution in [3.8, 4) is 11.1 Å². The highest BCUT2D eigenvalue weighted by Gasteiger charge is 2.35. The number of rotatable bonds is 7. The van der Waals surface area contributed by atoms with Crippen molar-refractivity contribution < 1.29 is 24.2 Å². The van der Waals surface area contributed by atoms with Gasteiger partial charge in [-0.15, -0.1) is 0 Å². The Morgan fingerprint density at radius 1 is 0.971 bits per heavy atom. The third-order valence-corrected chi connectivity index (χ3v) is 7.08. The van der Waals surface area contributed by atoms with E-state index in [-0.39, 0.29) is 30.9 Å². The molecular weight excluding hydrogens is 432 g/mol. The maximum Gasteiger partial charge on any atom is 0.408 e. The average Bonchev–Trinajstić information content (AvgIpc) is 3.14. The van der Waals surface area contributed by atoms with E-state index < -0.39 is 23.5 Å². The first-order valence-electron chi connectivity index (χ1n) is 11.9. The molecule has 1 saturated carbocycles. The van der Waals surface area contributed by atoms with Gasteiger partial charge < -0.3 is 20.5 Å². The van der Waals surface area contributed by atoms with Crippen LogP contribution >= 0.6 is 0 Å². The zero-order chi connectivity index (χ0) is 24.3. The van der Waals surface area contributed by atoms with Gasteiger partial charge in [-0.25, -0.2) is 4.79 Å². The van der Waals surface area contributed by atoms with Crippen LogP contribution in [0.3, 0.4) is 0 Å². The van der Waals surface area contributed by atoms with Crippen LogP contribution in [0.4, 0.5) is 4.79 Å². The quantitative estimate of drug-likeness (QED) is 0.566. The number of fused-ring (bicyclic) bond motifs is 3. The lowest BCUT2D eigenvalue weighted by molar-refractivity contribution is -0.145. The van der Waals surface area contributed by atoms with Crippen LogP contribution in [0.15, 0.2) is 48.5 Å². The van der Waals surface area contributed by atoms with Gasteiger partial charge in [-0.3, -0.25) is 9.59 Å². The van der Waals surface area contributed by atoms with Gasteiger partial charge in [-0.05, 0) is 54.9 Å². The number of carboxylic acids is 1. The van der Waals surface area contributed by atoms with Gasteiger partial charge in [-0.1, -0.05) is 61.4 Å². The summed E-state index contributed by atoms with van der Waals surface area (Å²) in [5.41, 5.74) is 3.34. The van der Waals surface area contributed by atoms with Gasteiger partial charge in [0.1, 0.15) is 12.1 Å². The number of carbonyl (C=O) groups excluding carboxylic acids is 2. The summed E-state index contributed by atoms with van der Waals surface area (Å²) < 4.78 is 5.56. The van der Waals surface area contributed by atoms with Crippen molar-refractivity contribution in [3.63, 3.8) is 0 Å². The molecule has 2 aromatic rings. The van der Waals surface area contributed by atoms with Crippen molar-refractivity contribution in [3.05, 3.63) is 59.7 Å². The Morgan fingerprint density at radius 2 is 1.56 bits per heavy atom. The normalized spacial score (nSPS) is 19.6. The molecule has 0 saturated heterocycles. The minimum Gasteiger partial charge on any atom is -0.481 e. The fourth-order valence-corrected chi connectivity index (χ4v) is 5.17. The van der Waals surface area contributed by atoms with E-state index in [9.17, 15) is 19.5 Å². The number of nitrogens with one attached hydrogen (secondary N) is 2. The summed E-state index contributed by atoms with van der Waals surface area (Å²) in [6.45, 7) is 3.67. The van der Waals surface area contributed by atoms with Gasteiger partial charge in [0, 0.05) is 12.5 Å². The standard InChI is InChI=1S/C27H32N2O5/c1-27(2,25(32)28-15-17-9-3-4-10-18(17)24(30)31)29-26(33)34-16-23-21-13-7-5-11-19(21)20-12-6-8-14-22(20)23/h5-8,11-14,17-18,23H,3-4,9-10,15-16H2,1-2H3,(H,28,32)(H,29,33)(H,30,31)/t17-,18-/m0/s1. The molecule has 2 amide bonds. The maximum atomic E-state index is 12.8. The molecule has 34 heavy (non-hydrogen) atoms. The highest BCUT2D eigenvalue weighted by molar-refractivity contribution is 5.89. The van der Waals surface area contributed by atoms with Crippen molar-refractivity contribution in [1.82, 2.24) is 10.6 Å². The summed E-state index contributed by atoms with van der Waals surface area (Å²) in [5.74, 6) is -1.77. The van der Waals surface area contributed by atoms with E-state index in [1.807, 2.05) is 36.4 Å². The zero-order valence-electron chi connectivity index (χ0n) is 19.7. The van der Waals surface area contributed by atoms with E-state index >= 15 is 0 Å². The van der Waals surface area contributed by atoms with Crippen LogP contribution in [-0.2, 0) is 14.3 Å². The lowest BCUT2D eigenvalue weighted by atomic mass is 9.79. The van der Waals surface area contributed by atoms with E-state index in [1.54, 1.807) is 13.8 Å². The third kappa shape index (κ3) is 4.93. The fraction of sp³-hybridized carbons (Fsp3) is 0.444. The van der Waals surface area contributed by atoms with Crippen molar-refractivity contribution in [2.24, 2.45) is 11.8 Å². The minimum atomic E-state index is -1.20. The van der Waals surface area contributed by atoms with Crippen LogP contribution in [0, 0.1) is 11.8 Å². The van der Waals surface area contributed by atoms with Gasteiger partial charge in [0.25, 0.3) is 0 Å². The molecule has 0 aromatic heterocycles. The highest BCUT2D eigenvalue weighted by Crippen LogP contribution is 2.44. The van der Waals surface area contributed by atoms with Crippen LogP contribution in [0.2, 0.25) is 0 Å². The summed E-state index contributed by atoms with van der Waals surface area (Å²) in [6.07, 6.45) is 2.61. The molecule has 2 aromatic carbocycles. The Bertz CT molecular complexity index is 1030. The fourth-order valence-electron chi connectivity index (χ4n) is 5.17. The number of amides is 2. The summed E-state index contributed by atoms with van der Waals surface area (Å²) >= 11 is 0. The number of benzene rings is 2. The van der Waals surface area contributed by atoms with Crippen LogP contribution in [0.5, 0.6) is 0 Å². The number of alkyl carbamates (subject to hydrolysis) is 1. The van der Waals surface area contributed by atoms with Gasteiger partial charge >= 0.3 is 12.1 Å². The zero-order valence-corrected chi connectivity index (χ0v) is 19.7. The number of hydrogen-bond acceptors (Lipinski definition) is 4. The molecule has 7 nitrogen and oxygen atoms in total. The van der Waals surface area contributed by atoms with Gasteiger partial charge in [0.15, 0.2) is 0 Å². The Hall–Kier alpha value is -3.35. The first-order chi connectivity index (χ1) is 16.3. The molecule has 180 valence electrons. The molecule has 1 fully saturated rings. The highest BCUT2D eigenvalue weighted by atomic mass is 16.5.